The van der Waals surface area contributed by atoms with Crippen molar-refractivity contribution >= 4 is 44.9 Å². The number of aliphatic carboxylic acids is 1. The van der Waals surface area contributed by atoms with E-state index < -0.39 is 16.0 Å². The average Bonchev–Trinajstić information content (AvgIpc) is 3.02. The molecule has 2 aromatic rings. The molecule has 3 N–H and O–H groups in total. The van der Waals surface area contributed by atoms with Gasteiger partial charge in [0.25, 0.3) is 0 Å². The zero-order chi connectivity index (χ0) is 30.0. The van der Waals surface area contributed by atoms with Gasteiger partial charge in [-0.3, -0.25) is 9.59 Å². The van der Waals surface area contributed by atoms with E-state index in [1.54, 1.807) is 23.5 Å². The predicted molar refractivity (Wildman–Crippen MR) is 164 cm³/mol. The first-order valence-corrected chi connectivity index (χ1v) is 16.5. The summed E-state index contributed by atoms with van der Waals surface area (Å²) in [7, 11) is -2.06. The monoisotopic (exact) mass is 605 g/mol. The highest BCUT2D eigenvalue weighted by atomic mass is 35.5. The Labute approximate surface area is 249 Å². The molecule has 10 heteroatoms. The molecule has 1 heterocycles. The van der Waals surface area contributed by atoms with Crippen LogP contribution < -0.4 is 10.6 Å². The number of carboxylic acids is 1. The molecule has 8 nitrogen and oxygen atoms in total. The largest absolute Gasteiger partial charge is 0.481 e. The Bertz CT molecular complexity index is 1270. The second kappa shape index (κ2) is 15.6. The normalized spacial score (nSPS) is 19.0. The van der Waals surface area contributed by atoms with Crippen LogP contribution in [0.25, 0.3) is 0 Å². The summed E-state index contributed by atoms with van der Waals surface area (Å²) >= 11 is 6.61. The number of carbonyl (C=O) groups is 2. The highest BCUT2D eigenvalue weighted by Gasteiger charge is 2.41. The number of fused-ring (bicyclic) bond motifs is 1. The number of aryl methyl sites for hydroxylation is 1. The van der Waals surface area contributed by atoms with Crippen LogP contribution in [0.1, 0.15) is 83.1 Å². The van der Waals surface area contributed by atoms with Gasteiger partial charge in [-0.05, 0) is 67.9 Å². The van der Waals surface area contributed by atoms with Crippen LogP contribution in [0.4, 0.5) is 11.4 Å². The number of likely N-dealkylation sites (N-methyl/N-ethyl adjacent to an activating group) is 1. The summed E-state index contributed by atoms with van der Waals surface area (Å²) in [6, 6.07) is 13.1. The molecule has 0 bridgehead atoms. The topological polar surface area (TPSA) is 121 Å². The van der Waals surface area contributed by atoms with Gasteiger partial charge in [-0.2, -0.15) is 4.31 Å². The second-order valence-corrected chi connectivity index (χ2v) is 13.4. The van der Waals surface area contributed by atoms with E-state index in [0.717, 1.165) is 50.6 Å². The van der Waals surface area contributed by atoms with Crippen molar-refractivity contribution in [1.29, 1.82) is 0 Å². The number of hydrogen-bond donors (Lipinski definition) is 2. The maximum Gasteiger partial charge on any atom is 0.303 e. The summed E-state index contributed by atoms with van der Waals surface area (Å²) in [6.45, 7) is 2.66. The molecule has 0 spiro atoms. The molecule has 226 valence electrons. The molecule has 41 heavy (non-hydrogen) atoms. The zero-order valence-electron chi connectivity index (χ0n) is 24.2. The lowest BCUT2D eigenvalue weighted by molar-refractivity contribution is -0.137. The van der Waals surface area contributed by atoms with E-state index >= 15 is 0 Å². The highest BCUT2D eigenvalue weighted by Crippen LogP contribution is 2.42. The van der Waals surface area contributed by atoms with Crippen LogP contribution in [0.15, 0.2) is 47.4 Å². The molecule has 1 amide bonds. The summed E-state index contributed by atoms with van der Waals surface area (Å²) in [5.41, 5.74) is 7.07. The van der Waals surface area contributed by atoms with Gasteiger partial charge in [-0.25, -0.2) is 8.42 Å². The van der Waals surface area contributed by atoms with Crippen molar-refractivity contribution in [2.45, 2.75) is 94.9 Å². The van der Waals surface area contributed by atoms with Gasteiger partial charge in [0, 0.05) is 43.2 Å². The number of carboxylic acid groups (broad SMARTS) is 1. The van der Waals surface area contributed by atoms with Crippen molar-refractivity contribution in [2.75, 3.05) is 18.5 Å². The number of rotatable bonds is 10. The quantitative estimate of drug-likeness (QED) is 0.297. The highest BCUT2D eigenvalue weighted by molar-refractivity contribution is 7.89. The average molecular weight is 606 g/mol. The first kappa shape index (κ1) is 32.9. The molecule has 0 saturated heterocycles. The number of amides is 1. The molecule has 0 radical (unpaired) electrons. The molecular weight excluding hydrogens is 562 g/mol. The molecule has 1 aliphatic heterocycles. The molecule has 2 aromatic carbocycles. The van der Waals surface area contributed by atoms with Crippen LogP contribution in [0.5, 0.6) is 0 Å². The van der Waals surface area contributed by atoms with Gasteiger partial charge in [0.2, 0.25) is 15.9 Å². The molecule has 0 aromatic heterocycles. The fourth-order valence-electron chi connectivity index (χ4n) is 5.72. The number of halogens is 1. The summed E-state index contributed by atoms with van der Waals surface area (Å²) in [5, 5.41) is 9.45. The third kappa shape index (κ3) is 8.93. The summed E-state index contributed by atoms with van der Waals surface area (Å²) in [5.74, 6) is -0.748. The van der Waals surface area contributed by atoms with Crippen molar-refractivity contribution in [2.24, 2.45) is 11.7 Å². The third-order valence-corrected chi connectivity index (χ3v) is 10.3. The van der Waals surface area contributed by atoms with E-state index in [1.165, 1.54) is 6.42 Å². The first-order valence-electron chi connectivity index (χ1n) is 14.7. The maximum atomic E-state index is 13.9. The fourth-order valence-corrected chi connectivity index (χ4v) is 7.61. The molecule has 1 aliphatic carbocycles. The van der Waals surface area contributed by atoms with Gasteiger partial charge in [0.05, 0.1) is 5.69 Å². The van der Waals surface area contributed by atoms with Gasteiger partial charge in [0.15, 0.2) is 0 Å². The molecule has 1 fully saturated rings. The number of nitrogens with zero attached hydrogens (tertiary/aromatic N) is 2. The number of para-hydroxylation sites is 1. The maximum absolute atomic E-state index is 13.9. The number of primary amides is 1. The Morgan fingerprint density at radius 2 is 1.71 bits per heavy atom. The van der Waals surface area contributed by atoms with Crippen molar-refractivity contribution in [3.63, 3.8) is 0 Å². The van der Waals surface area contributed by atoms with Crippen LogP contribution in [0, 0.1) is 5.92 Å². The van der Waals surface area contributed by atoms with Crippen molar-refractivity contribution < 1.29 is 23.1 Å². The predicted octanol–water partition coefficient (Wildman–Crippen LogP) is 6.52. The molecule has 1 saturated carbocycles. The second-order valence-electron chi connectivity index (χ2n) is 11.0. The zero-order valence-corrected chi connectivity index (χ0v) is 25.8. The van der Waals surface area contributed by atoms with Crippen molar-refractivity contribution in [3.8, 4) is 0 Å². The summed E-state index contributed by atoms with van der Waals surface area (Å²) < 4.78 is 29.3. The number of carbonyl (C=O) groups excluding carboxylic acids is 1. The van der Waals surface area contributed by atoms with Crippen LogP contribution >= 0.6 is 11.6 Å². The number of benzene rings is 2. The fraction of sp³-hybridized carbons (Fsp3) is 0.548. The summed E-state index contributed by atoms with van der Waals surface area (Å²) in [4.78, 5) is 23.4. The van der Waals surface area contributed by atoms with Gasteiger partial charge >= 0.3 is 5.97 Å². The number of unbranched alkanes of at least 4 members (excludes halogenated alkanes) is 2. The Morgan fingerprint density at radius 3 is 2.32 bits per heavy atom. The Balaban J connectivity index is 0.000000507. The first-order chi connectivity index (χ1) is 19.6. The minimum absolute atomic E-state index is 0.0139. The Morgan fingerprint density at radius 1 is 1.02 bits per heavy atom. The van der Waals surface area contributed by atoms with Crippen LogP contribution in [-0.2, 0) is 26.0 Å². The summed E-state index contributed by atoms with van der Waals surface area (Å²) in [6.07, 6.45) is 10.1. The Hall–Kier alpha value is -2.62. The van der Waals surface area contributed by atoms with Crippen molar-refractivity contribution in [1.82, 2.24) is 4.31 Å². The minimum Gasteiger partial charge on any atom is -0.481 e. The number of sulfonamides is 1. The van der Waals surface area contributed by atoms with E-state index in [0.29, 0.717) is 48.0 Å². The van der Waals surface area contributed by atoms with E-state index in [-0.39, 0.29) is 23.3 Å². The minimum atomic E-state index is -3.76. The molecule has 2 aliphatic rings. The van der Waals surface area contributed by atoms with E-state index in [4.69, 9.17) is 22.4 Å². The Kier molecular flexibility index (Phi) is 12.5. The standard InChI is InChI=1S/C25H31ClN2O4S.C6H13NO/c1-27-23(18-9-4-2-5-10-18)17-28(20-12-6-3-7-13-20)22-16-21(26)19(11-8-14-25(29)30)15-24(22)33(27,31)32;1-2-3-4-5-6(7)8/h3,6-7,12-13,15-16,18,23H,2,4-5,8-11,14,17H2,1H3,(H,29,30);2-5H2,1H3,(H2,7,8)/t23-;/m0./s1. The number of anilines is 2. The SMILES string of the molecule is CCCCCC(N)=O.CN1[C@H](C2CCCCC2)CN(c2ccccc2)c2cc(Cl)c(CCCC(=O)O)cc2S1(=O)=O. The van der Waals surface area contributed by atoms with Crippen LogP contribution in [0.2, 0.25) is 5.02 Å². The van der Waals surface area contributed by atoms with Crippen LogP contribution in [0.3, 0.4) is 0 Å². The van der Waals surface area contributed by atoms with E-state index in [1.807, 2.05) is 30.3 Å². The third-order valence-electron chi connectivity index (χ3n) is 8.04. The lowest BCUT2D eigenvalue weighted by atomic mass is 9.83. The van der Waals surface area contributed by atoms with E-state index in [9.17, 15) is 18.0 Å². The smallest absolute Gasteiger partial charge is 0.303 e. The molecule has 4 rings (SSSR count). The van der Waals surface area contributed by atoms with Gasteiger partial charge < -0.3 is 15.7 Å². The lowest BCUT2D eigenvalue weighted by Crippen LogP contribution is -2.46. The molecule has 1 atom stereocenters. The number of hydrogen-bond acceptors (Lipinski definition) is 5. The molecular formula is C31H44ClN3O5S. The van der Waals surface area contributed by atoms with Gasteiger partial charge in [0.1, 0.15) is 4.90 Å². The molecule has 0 unspecified atom stereocenters. The van der Waals surface area contributed by atoms with Crippen LogP contribution in [-0.4, -0.2) is 49.3 Å². The van der Waals surface area contributed by atoms with Crippen molar-refractivity contribution in [3.05, 3.63) is 53.1 Å². The van der Waals surface area contributed by atoms with E-state index in [2.05, 4.69) is 11.8 Å². The van der Waals surface area contributed by atoms with Gasteiger partial charge in [-0.1, -0.05) is 68.8 Å². The lowest BCUT2D eigenvalue weighted by Gasteiger charge is -2.36. The number of nitrogens with two attached hydrogens (primary N) is 1. The van der Waals surface area contributed by atoms with Gasteiger partial charge in [-0.15, -0.1) is 0 Å².